The molecular weight excluding hydrogens is 365 g/mol. The van der Waals surface area contributed by atoms with E-state index in [2.05, 4.69) is 5.32 Å². The number of rotatable bonds is 8. The van der Waals surface area contributed by atoms with Crippen LogP contribution >= 0.6 is 12.4 Å². The predicted molar refractivity (Wildman–Crippen MR) is 108 cm³/mol. The second kappa shape index (κ2) is 10.6. The van der Waals surface area contributed by atoms with Gasteiger partial charge in [-0.1, -0.05) is 42.5 Å². The molecule has 0 aliphatic heterocycles. The average Bonchev–Trinajstić information content (AvgIpc) is 2.68. The van der Waals surface area contributed by atoms with E-state index in [0.29, 0.717) is 5.56 Å². The van der Waals surface area contributed by atoms with Gasteiger partial charge in [0.15, 0.2) is 0 Å². The molecular formula is C22H23ClFNO2. The van der Waals surface area contributed by atoms with Crippen LogP contribution in [0.15, 0.2) is 72.8 Å². The Labute approximate surface area is 165 Å². The minimum absolute atomic E-state index is 0. The third-order valence-electron chi connectivity index (χ3n) is 4.07. The van der Waals surface area contributed by atoms with Crippen LogP contribution in [-0.2, 0) is 19.7 Å². The summed E-state index contributed by atoms with van der Waals surface area (Å²) in [6.45, 7) is 1.71. The Morgan fingerprint density at radius 1 is 0.815 bits per heavy atom. The number of ether oxygens (including phenoxy) is 2. The molecule has 142 valence electrons. The Morgan fingerprint density at radius 2 is 1.56 bits per heavy atom. The summed E-state index contributed by atoms with van der Waals surface area (Å²) < 4.78 is 24.5. The molecule has 3 aromatic carbocycles. The second-order valence-corrected chi connectivity index (χ2v) is 5.98. The molecule has 0 aliphatic rings. The number of methoxy groups -OCH3 is 1. The predicted octanol–water partition coefficient (Wildman–Crippen LogP) is 5.12. The van der Waals surface area contributed by atoms with Crippen molar-refractivity contribution in [3.63, 3.8) is 0 Å². The molecule has 1 N–H and O–H groups in total. The van der Waals surface area contributed by atoms with Gasteiger partial charge >= 0.3 is 0 Å². The summed E-state index contributed by atoms with van der Waals surface area (Å²) in [7, 11) is 1.66. The number of hydrogen-bond acceptors (Lipinski definition) is 3. The van der Waals surface area contributed by atoms with Crippen molar-refractivity contribution < 1.29 is 13.9 Å². The van der Waals surface area contributed by atoms with E-state index in [-0.39, 0.29) is 24.8 Å². The fourth-order valence-electron chi connectivity index (χ4n) is 2.62. The number of nitrogens with one attached hydrogen (secondary N) is 1. The normalized spacial score (nSPS) is 10.1. The van der Waals surface area contributed by atoms with Crippen molar-refractivity contribution in [2.45, 2.75) is 19.7 Å². The molecule has 0 spiro atoms. The van der Waals surface area contributed by atoms with Crippen LogP contribution in [0.25, 0.3) is 0 Å². The Bertz CT molecular complexity index is 840. The molecule has 0 atom stereocenters. The molecule has 27 heavy (non-hydrogen) atoms. The van der Waals surface area contributed by atoms with Crippen LogP contribution in [0.4, 0.5) is 4.39 Å². The Kier molecular flexibility index (Phi) is 8.11. The lowest BCUT2D eigenvalue weighted by atomic mass is 10.2. The van der Waals surface area contributed by atoms with Gasteiger partial charge in [0.25, 0.3) is 0 Å². The van der Waals surface area contributed by atoms with Gasteiger partial charge in [0.2, 0.25) is 0 Å². The van der Waals surface area contributed by atoms with E-state index in [0.717, 1.165) is 30.2 Å². The van der Waals surface area contributed by atoms with Gasteiger partial charge in [-0.05, 0) is 41.5 Å². The molecule has 0 saturated heterocycles. The molecule has 0 fully saturated rings. The van der Waals surface area contributed by atoms with Crippen LogP contribution < -0.4 is 14.8 Å². The Morgan fingerprint density at radius 3 is 2.30 bits per heavy atom. The van der Waals surface area contributed by atoms with E-state index in [1.165, 1.54) is 11.6 Å². The molecule has 0 bridgehead atoms. The quantitative estimate of drug-likeness (QED) is 0.581. The van der Waals surface area contributed by atoms with Gasteiger partial charge in [0.05, 0.1) is 7.11 Å². The summed E-state index contributed by atoms with van der Waals surface area (Å²) in [5.74, 6) is 1.34. The van der Waals surface area contributed by atoms with E-state index in [4.69, 9.17) is 9.47 Å². The number of benzene rings is 3. The third-order valence-corrected chi connectivity index (χ3v) is 4.07. The first-order valence-electron chi connectivity index (χ1n) is 8.53. The molecule has 0 unspecified atom stereocenters. The molecule has 0 aromatic heterocycles. The first-order chi connectivity index (χ1) is 12.7. The fourth-order valence-corrected chi connectivity index (χ4v) is 2.62. The summed E-state index contributed by atoms with van der Waals surface area (Å²) in [5, 5.41) is 3.41. The topological polar surface area (TPSA) is 30.5 Å². The molecule has 3 nitrogen and oxygen atoms in total. The largest absolute Gasteiger partial charge is 0.497 e. The van der Waals surface area contributed by atoms with Gasteiger partial charge in [0, 0.05) is 18.7 Å². The lowest BCUT2D eigenvalue weighted by Crippen LogP contribution is -2.12. The SMILES string of the molecule is COc1ccc(CNCc2cccc(OCc3ccccc3F)c2)cc1.Cl. The van der Waals surface area contributed by atoms with Crippen LogP contribution in [0.5, 0.6) is 11.5 Å². The van der Waals surface area contributed by atoms with Crippen LogP contribution in [0, 0.1) is 5.82 Å². The van der Waals surface area contributed by atoms with Gasteiger partial charge < -0.3 is 14.8 Å². The standard InChI is InChI=1S/C22H22FNO2.ClH/c1-25-20-11-9-17(10-12-20)14-24-15-18-5-4-7-21(13-18)26-16-19-6-2-3-8-22(19)23;/h2-13,24H,14-16H2,1H3;1H. The van der Waals surface area contributed by atoms with E-state index < -0.39 is 0 Å². The molecule has 5 heteroatoms. The summed E-state index contributed by atoms with van der Waals surface area (Å²) in [6.07, 6.45) is 0. The summed E-state index contributed by atoms with van der Waals surface area (Å²) >= 11 is 0. The highest BCUT2D eigenvalue weighted by atomic mass is 35.5. The van der Waals surface area contributed by atoms with Crippen molar-refractivity contribution in [2.24, 2.45) is 0 Å². The van der Waals surface area contributed by atoms with Crippen LogP contribution in [0.3, 0.4) is 0 Å². The van der Waals surface area contributed by atoms with E-state index >= 15 is 0 Å². The zero-order valence-corrected chi connectivity index (χ0v) is 16.0. The van der Waals surface area contributed by atoms with Crippen LogP contribution in [0.1, 0.15) is 16.7 Å². The van der Waals surface area contributed by atoms with Crippen LogP contribution in [-0.4, -0.2) is 7.11 Å². The second-order valence-electron chi connectivity index (χ2n) is 5.98. The van der Waals surface area contributed by atoms with Crippen molar-refractivity contribution in [2.75, 3.05) is 7.11 Å². The van der Waals surface area contributed by atoms with E-state index in [1.54, 1.807) is 25.3 Å². The Balaban J connectivity index is 0.00000261. The molecule has 0 saturated carbocycles. The molecule has 3 aromatic rings. The van der Waals surface area contributed by atoms with Gasteiger partial charge in [0.1, 0.15) is 23.9 Å². The van der Waals surface area contributed by atoms with Crippen LogP contribution in [0.2, 0.25) is 0 Å². The van der Waals surface area contributed by atoms with E-state index in [9.17, 15) is 4.39 Å². The van der Waals surface area contributed by atoms with Gasteiger partial charge in [-0.25, -0.2) is 4.39 Å². The maximum absolute atomic E-state index is 13.6. The first-order valence-corrected chi connectivity index (χ1v) is 8.53. The molecule has 0 heterocycles. The summed E-state index contributed by atoms with van der Waals surface area (Å²) in [6, 6.07) is 22.5. The highest BCUT2D eigenvalue weighted by Gasteiger charge is 2.03. The van der Waals surface area contributed by atoms with Crippen molar-refractivity contribution in [1.82, 2.24) is 5.32 Å². The van der Waals surface area contributed by atoms with Gasteiger partial charge in [-0.3, -0.25) is 0 Å². The first kappa shape index (κ1) is 20.7. The van der Waals surface area contributed by atoms with Crippen molar-refractivity contribution >= 4 is 12.4 Å². The van der Waals surface area contributed by atoms with Crippen molar-refractivity contribution in [3.8, 4) is 11.5 Å². The maximum Gasteiger partial charge on any atom is 0.129 e. The number of halogens is 2. The Hall–Kier alpha value is -2.56. The highest BCUT2D eigenvalue weighted by molar-refractivity contribution is 5.85. The molecule has 0 aliphatic carbocycles. The third kappa shape index (κ3) is 6.27. The molecule has 0 amide bonds. The zero-order chi connectivity index (χ0) is 18.2. The highest BCUT2D eigenvalue weighted by Crippen LogP contribution is 2.17. The number of hydrogen-bond donors (Lipinski definition) is 1. The maximum atomic E-state index is 13.6. The lowest BCUT2D eigenvalue weighted by Gasteiger charge is -2.10. The smallest absolute Gasteiger partial charge is 0.129 e. The van der Waals surface area contributed by atoms with Crippen molar-refractivity contribution in [1.29, 1.82) is 0 Å². The average molecular weight is 388 g/mol. The van der Waals surface area contributed by atoms with E-state index in [1.807, 2.05) is 48.5 Å². The monoisotopic (exact) mass is 387 g/mol. The molecule has 0 radical (unpaired) electrons. The zero-order valence-electron chi connectivity index (χ0n) is 15.2. The van der Waals surface area contributed by atoms with Crippen molar-refractivity contribution in [3.05, 3.63) is 95.3 Å². The minimum Gasteiger partial charge on any atom is -0.497 e. The summed E-state index contributed by atoms with van der Waals surface area (Å²) in [4.78, 5) is 0. The lowest BCUT2D eigenvalue weighted by molar-refractivity contribution is 0.299. The minimum atomic E-state index is -0.246. The van der Waals surface area contributed by atoms with Gasteiger partial charge in [-0.15, -0.1) is 12.4 Å². The molecule has 3 rings (SSSR count). The summed E-state index contributed by atoms with van der Waals surface area (Å²) in [5.41, 5.74) is 2.86. The fraction of sp³-hybridized carbons (Fsp3) is 0.182. The van der Waals surface area contributed by atoms with Gasteiger partial charge in [-0.2, -0.15) is 0 Å².